The number of rotatable bonds is 2. The van der Waals surface area contributed by atoms with E-state index in [2.05, 4.69) is 31.0 Å². The summed E-state index contributed by atoms with van der Waals surface area (Å²) >= 11 is 0. The van der Waals surface area contributed by atoms with Crippen LogP contribution in [-0.4, -0.2) is 36.1 Å². The Bertz CT molecular complexity index is 278. The lowest BCUT2D eigenvalue weighted by Gasteiger charge is -2.45. The molecule has 0 radical (unpaired) electrons. The molecule has 1 aliphatic heterocycles. The van der Waals surface area contributed by atoms with Crippen molar-refractivity contribution in [3.63, 3.8) is 0 Å². The van der Waals surface area contributed by atoms with E-state index in [0.717, 1.165) is 29.8 Å². The first-order valence-electron chi connectivity index (χ1n) is 7.64. The van der Waals surface area contributed by atoms with E-state index in [1.54, 1.807) is 6.42 Å². The van der Waals surface area contributed by atoms with Gasteiger partial charge in [0.05, 0.1) is 0 Å². The third-order valence-corrected chi connectivity index (χ3v) is 5.75. The molecule has 3 fully saturated rings. The Labute approximate surface area is 106 Å². The minimum atomic E-state index is 0.673. The quantitative estimate of drug-likeness (QED) is 0.792. The molecule has 2 heteroatoms. The van der Waals surface area contributed by atoms with Gasteiger partial charge >= 0.3 is 0 Å². The Balaban J connectivity index is 1.66. The van der Waals surface area contributed by atoms with E-state index >= 15 is 0 Å². The summed E-state index contributed by atoms with van der Waals surface area (Å²) in [6.07, 6.45) is 6.12. The molecule has 17 heavy (non-hydrogen) atoms. The van der Waals surface area contributed by atoms with E-state index < -0.39 is 0 Å². The van der Waals surface area contributed by atoms with Crippen molar-refractivity contribution in [3.8, 4) is 0 Å². The number of hydrogen-bond donors (Lipinski definition) is 1. The molecule has 0 amide bonds. The van der Waals surface area contributed by atoms with Gasteiger partial charge in [-0.3, -0.25) is 4.90 Å². The van der Waals surface area contributed by atoms with E-state index in [-0.39, 0.29) is 0 Å². The zero-order chi connectivity index (χ0) is 12.0. The van der Waals surface area contributed by atoms with Crippen molar-refractivity contribution in [2.45, 2.75) is 64.6 Å². The molecule has 2 bridgehead atoms. The van der Waals surface area contributed by atoms with Crippen molar-refractivity contribution in [2.75, 3.05) is 13.1 Å². The Morgan fingerprint density at radius 1 is 1.18 bits per heavy atom. The fourth-order valence-electron chi connectivity index (χ4n) is 4.75. The Morgan fingerprint density at radius 3 is 2.65 bits per heavy atom. The van der Waals surface area contributed by atoms with Crippen molar-refractivity contribution in [1.29, 1.82) is 0 Å². The first kappa shape index (κ1) is 12.0. The predicted octanol–water partition coefficient (Wildman–Crippen LogP) is 2.49. The minimum Gasteiger partial charge on any atom is -0.311 e. The van der Waals surface area contributed by atoms with Crippen LogP contribution in [0.5, 0.6) is 0 Å². The average Bonchev–Trinajstić information content (AvgIpc) is 2.93. The second-order valence-electron chi connectivity index (χ2n) is 6.93. The fourth-order valence-corrected chi connectivity index (χ4v) is 4.75. The summed E-state index contributed by atoms with van der Waals surface area (Å²) in [5.41, 5.74) is 0. The zero-order valence-electron chi connectivity index (χ0n) is 11.7. The fraction of sp³-hybridized carbons (Fsp3) is 1.00. The largest absolute Gasteiger partial charge is 0.311 e. The van der Waals surface area contributed by atoms with Crippen LogP contribution in [0.25, 0.3) is 0 Å². The molecule has 6 atom stereocenters. The van der Waals surface area contributed by atoms with Gasteiger partial charge in [0.2, 0.25) is 0 Å². The number of nitrogens with one attached hydrogen (secondary N) is 1. The maximum Gasteiger partial charge on any atom is 0.0196 e. The lowest BCUT2D eigenvalue weighted by molar-refractivity contribution is 0.0537. The third-order valence-electron chi connectivity index (χ3n) is 5.75. The minimum absolute atomic E-state index is 0.673. The summed E-state index contributed by atoms with van der Waals surface area (Å²) in [7, 11) is 0. The van der Waals surface area contributed by atoms with E-state index in [1.807, 2.05) is 0 Å². The van der Waals surface area contributed by atoms with E-state index in [0.29, 0.717) is 6.04 Å². The molecule has 0 spiro atoms. The van der Waals surface area contributed by atoms with Crippen LogP contribution >= 0.6 is 0 Å². The van der Waals surface area contributed by atoms with Crippen LogP contribution in [0.1, 0.15) is 46.5 Å². The molecule has 3 rings (SSSR count). The Hall–Kier alpha value is -0.0800. The van der Waals surface area contributed by atoms with Crippen LogP contribution in [0, 0.1) is 17.8 Å². The summed E-state index contributed by atoms with van der Waals surface area (Å²) in [5, 5.41) is 3.60. The first-order chi connectivity index (χ1) is 8.15. The van der Waals surface area contributed by atoms with Crippen LogP contribution in [0.2, 0.25) is 0 Å². The number of hydrogen-bond acceptors (Lipinski definition) is 2. The molecule has 1 N–H and O–H groups in total. The van der Waals surface area contributed by atoms with Crippen molar-refractivity contribution in [2.24, 2.45) is 17.8 Å². The first-order valence-corrected chi connectivity index (χ1v) is 7.64. The highest BCUT2D eigenvalue weighted by atomic mass is 15.2. The number of nitrogens with zero attached hydrogens (tertiary/aromatic N) is 1. The van der Waals surface area contributed by atoms with E-state index in [9.17, 15) is 0 Å². The SMILES string of the molecule is CC1CN(C(C)C2CC3CCC2C3)C(C)CN1. The summed E-state index contributed by atoms with van der Waals surface area (Å²) in [6, 6.07) is 2.21. The Morgan fingerprint density at radius 2 is 2.00 bits per heavy atom. The molecule has 3 aliphatic rings. The van der Waals surface area contributed by atoms with Gasteiger partial charge in [0, 0.05) is 31.2 Å². The normalized spacial score (nSPS) is 48.5. The highest BCUT2D eigenvalue weighted by molar-refractivity contribution is 4.97. The van der Waals surface area contributed by atoms with E-state index in [4.69, 9.17) is 0 Å². The summed E-state index contributed by atoms with van der Waals surface area (Å²) < 4.78 is 0. The highest BCUT2D eigenvalue weighted by Crippen LogP contribution is 2.50. The molecule has 2 saturated carbocycles. The molecule has 2 aliphatic carbocycles. The van der Waals surface area contributed by atoms with Crippen LogP contribution in [-0.2, 0) is 0 Å². The van der Waals surface area contributed by atoms with Gasteiger partial charge in [-0.1, -0.05) is 6.42 Å². The second kappa shape index (κ2) is 4.55. The maximum absolute atomic E-state index is 3.60. The molecule has 2 nitrogen and oxygen atoms in total. The monoisotopic (exact) mass is 236 g/mol. The summed E-state index contributed by atoms with van der Waals surface area (Å²) in [4.78, 5) is 2.78. The van der Waals surface area contributed by atoms with Crippen molar-refractivity contribution < 1.29 is 0 Å². The molecule has 6 unspecified atom stereocenters. The lowest BCUT2D eigenvalue weighted by atomic mass is 9.82. The number of fused-ring (bicyclic) bond motifs is 2. The van der Waals surface area contributed by atoms with Crippen LogP contribution < -0.4 is 5.32 Å². The molecule has 0 aromatic heterocycles. The van der Waals surface area contributed by atoms with Crippen molar-refractivity contribution in [1.82, 2.24) is 10.2 Å². The molecular weight excluding hydrogens is 208 g/mol. The topological polar surface area (TPSA) is 15.3 Å². The third kappa shape index (κ3) is 2.15. The van der Waals surface area contributed by atoms with Gasteiger partial charge in [-0.25, -0.2) is 0 Å². The second-order valence-corrected chi connectivity index (χ2v) is 6.93. The molecular formula is C15H28N2. The highest BCUT2D eigenvalue weighted by Gasteiger charge is 2.44. The van der Waals surface area contributed by atoms with Gasteiger partial charge in [0.1, 0.15) is 0 Å². The molecule has 1 saturated heterocycles. The summed E-state index contributed by atoms with van der Waals surface area (Å²) in [5.74, 6) is 3.15. The molecule has 0 aromatic rings. The lowest BCUT2D eigenvalue weighted by Crippen LogP contribution is -2.58. The smallest absolute Gasteiger partial charge is 0.0196 e. The van der Waals surface area contributed by atoms with Gasteiger partial charge in [0.25, 0.3) is 0 Å². The van der Waals surface area contributed by atoms with Gasteiger partial charge in [0.15, 0.2) is 0 Å². The van der Waals surface area contributed by atoms with Gasteiger partial charge in [-0.2, -0.15) is 0 Å². The maximum atomic E-state index is 3.60. The average molecular weight is 236 g/mol. The van der Waals surface area contributed by atoms with Crippen LogP contribution in [0.15, 0.2) is 0 Å². The Kier molecular flexibility index (Phi) is 3.20. The van der Waals surface area contributed by atoms with Gasteiger partial charge in [-0.05, 0) is 57.8 Å². The van der Waals surface area contributed by atoms with Crippen molar-refractivity contribution in [3.05, 3.63) is 0 Å². The van der Waals surface area contributed by atoms with Crippen LogP contribution in [0.3, 0.4) is 0 Å². The standard InChI is InChI=1S/C15H28N2/c1-10-9-17(11(2)8-16-10)12(3)15-7-13-4-5-14(15)6-13/h10-16H,4-9H2,1-3H3. The van der Waals surface area contributed by atoms with E-state index in [1.165, 1.54) is 32.4 Å². The molecule has 1 heterocycles. The number of piperazine rings is 1. The zero-order valence-corrected chi connectivity index (χ0v) is 11.7. The van der Waals surface area contributed by atoms with Gasteiger partial charge < -0.3 is 5.32 Å². The van der Waals surface area contributed by atoms with Crippen molar-refractivity contribution >= 4 is 0 Å². The van der Waals surface area contributed by atoms with Gasteiger partial charge in [-0.15, -0.1) is 0 Å². The van der Waals surface area contributed by atoms with Crippen LogP contribution in [0.4, 0.5) is 0 Å². The predicted molar refractivity (Wildman–Crippen MR) is 72.0 cm³/mol. The molecule has 0 aromatic carbocycles. The summed E-state index contributed by atoms with van der Waals surface area (Å²) in [6.45, 7) is 9.64. The molecule has 98 valence electrons.